The number of likely N-dealkylation sites (tertiary alicyclic amines) is 1. The fourth-order valence-electron chi connectivity index (χ4n) is 4.18. The molecule has 0 bridgehead atoms. The predicted octanol–water partition coefficient (Wildman–Crippen LogP) is 4.35. The minimum absolute atomic E-state index is 0.0183. The number of benzene rings is 2. The molecule has 5 nitrogen and oxygen atoms in total. The Hall–Kier alpha value is -3.08. The minimum atomic E-state index is -0.501. The first kappa shape index (κ1) is 20.2. The van der Waals surface area contributed by atoms with Gasteiger partial charge in [-0.15, -0.1) is 0 Å². The SMILES string of the molecule is COc1ccc(/C=C/C(=O)N2CCC3(CC2)CC(=O)c2ccc(C)c(C)c2O3)cc1. The third-order valence-corrected chi connectivity index (χ3v) is 6.30. The number of fused-ring (bicyclic) bond motifs is 1. The third kappa shape index (κ3) is 3.84. The first-order chi connectivity index (χ1) is 14.4. The molecule has 1 saturated heterocycles. The number of piperidine rings is 1. The molecule has 1 fully saturated rings. The van der Waals surface area contributed by atoms with Crippen LogP contribution in [0.5, 0.6) is 11.5 Å². The van der Waals surface area contributed by atoms with Gasteiger partial charge in [0.1, 0.15) is 17.1 Å². The number of methoxy groups -OCH3 is 1. The summed E-state index contributed by atoms with van der Waals surface area (Å²) in [5, 5.41) is 0. The molecule has 156 valence electrons. The number of hydrogen-bond donors (Lipinski definition) is 0. The number of carbonyl (C=O) groups is 2. The van der Waals surface area contributed by atoms with Gasteiger partial charge >= 0.3 is 0 Å². The summed E-state index contributed by atoms with van der Waals surface area (Å²) < 4.78 is 11.6. The van der Waals surface area contributed by atoms with Gasteiger partial charge in [0.25, 0.3) is 0 Å². The average Bonchev–Trinajstić information content (AvgIpc) is 2.76. The summed E-state index contributed by atoms with van der Waals surface area (Å²) in [6.07, 6.45) is 5.12. The number of ether oxygens (including phenoxy) is 2. The number of rotatable bonds is 3. The van der Waals surface area contributed by atoms with E-state index < -0.39 is 5.60 Å². The highest BCUT2D eigenvalue weighted by atomic mass is 16.5. The molecule has 0 saturated carbocycles. The van der Waals surface area contributed by atoms with Crippen molar-refractivity contribution in [2.24, 2.45) is 0 Å². The summed E-state index contributed by atoms with van der Waals surface area (Å²) in [7, 11) is 1.63. The Morgan fingerprint density at radius 3 is 2.47 bits per heavy atom. The number of Topliss-reactive ketones (excluding diaryl/α,β-unsaturated/α-hetero) is 1. The third-order valence-electron chi connectivity index (χ3n) is 6.30. The number of ketones is 1. The fraction of sp³-hybridized carbons (Fsp3) is 0.360. The summed E-state index contributed by atoms with van der Waals surface area (Å²) in [6.45, 7) is 5.20. The van der Waals surface area contributed by atoms with Gasteiger partial charge in [-0.05, 0) is 54.8 Å². The monoisotopic (exact) mass is 405 g/mol. The van der Waals surface area contributed by atoms with E-state index in [1.54, 1.807) is 13.2 Å². The zero-order chi connectivity index (χ0) is 21.3. The van der Waals surface area contributed by atoms with Crippen molar-refractivity contribution in [2.45, 2.75) is 38.7 Å². The van der Waals surface area contributed by atoms with Gasteiger partial charge in [0, 0.05) is 32.0 Å². The van der Waals surface area contributed by atoms with Crippen LogP contribution in [0.15, 0.2) is 42.5 Å². The summed E-state index contributed by atoms with van der Waals surface area (Å²) in [6, 6.07) is 11.4. The average molecular weight is 405 g/mol. The molecular weight excluding hydrogens is 378 g/mol. The van der Waals surface area contributed by atoms with Crippen LogP contribution in [0.4, 0.5) is 0 Å². The first-order valence-electron chi connectivity index (χ1n) is 10.3. The molecule has 1 spiro atoms. The van der Waals surface area contributed by atoms with Crippen molar-refractivity contribution < 1.29 is 19.1 Å². The zero-order valence-electron chi connectivity index (χ0n) is 17.7. The Balaban J connectivity index is 1.42. The Morgan fingerprint density at radius 1 is 1.10 bits per heavy atom. The Morgan fingerprint density at radius 2 is 1.80 bits per heavy atom. The van der Waals surface area contributed by atoms with Gasteiger partial charge in [0.2, 0.25) is 5.91 Å². The predicted molar refractivity (Wildman–Crippen MR) is 116 cm³/mol. The maximum atomic E-state index is 12.8. The van der Waals surface area contributed by atoms with E-state index in [2.05, 4.69) is 0 Å². The van der Waals surface area contributed by atoms with Crippen LogP contribution in [0.25, 0.3) is 6.08 Å². The first-order valence-corrected chi connectivity index (χ1v) is 10.3. The molecule has 1 amide bonds. The quantitative estimate of drug-likeness (QED) is 0.713. The smallest absolute Gasteiger partial charge is 0.246 e. The molecule has 2 aromatic rings. The van der Waals surface area contributed by atoms with Gasteiger partial charge < -0.3 is 14.4 Å². The largest absolute Gasteiger partial charge is 0.497 e. The summed E-state index contributed by atoms with van der Waals surface area (Å²) in [5.41, 5.74) is 3.28. The van der Waals surface area contributed by atoms with Crippen LogP contribution in [0.2, 0.25) is 0 Å². The van der Waals surface area contributed by atoms with E-state index in [0.29, 0.717) is 37.9 Å². The van der Waals surface area contributed by atoms with Crippen molar-refractivity contribution >= 4 is 17.8 Å². The van der Waals surface area contributed by atoms with Crippen molar-refractivity contribution in [3.05, 3.63) is 64.7 Å². The lowest BCUT2D eigenvalue weighted by Crippen LogP contribution is -2.52. The molecule has 0 radical (unpaired) electrons. The maximum Gasteiger partial charge on any atom is 0.246 e. The van der Waals surface area contributed by atoms with Crippen LogP contribution in [0.1, 0.15) is 46.3 Å². The molecule has 0 aliphatic carbocycles. The highest BCUT2D eigenvalue weighted by Gasteiger charge is 2.44. The van der Waals surface area contributed by atoms with Gasteiger partial charge in [-0.3, -0.25) is 9.59 Å². The van der Waals surface area contributed by atoms with Crippen LogP contribution in [0.3, 0.4) is 0 Å². The second-order valence-electron chi connectivity index (χ2n) is 8.20. The Kier molecular flexibility index (Phi) is 5.37. The zero-order valence-corrected chi connectivity index (χ0v) is 17.7. The van der Waals surface area contributed by atoms with Crippen molar-refractivity contribution in [2.75, 3.05) is 20.2 Å². The van der Waals surface area contributed by atoms with Gasteiger partial charge in [0.05, 0.1) is 19.1 Å². The summed E-state index contributed by atoms with van der Waals surface area (Å²) in [4.78, 5) is 27.2. The lowest BCUT2D eigenvalue weighted by molar-refractivity contribution is -0.129. The van der Waals surface area contributed by atoms with Gasteiger partial charge in [0.15, 0.2) is 5.78 Å². The molecule has 4 rings (SSSR count). The van der Waals surface area contributed by atoms with Crippen LogP contribution >= 0.6 is 0 Å². The van der Waals surface area contributed by atoms with Crippen LogP contribution in [-0.2, 0) is 4.79 Å². The molecule has 2 aliphatic rings. The van der Waals surface area contributed by atoms with Crippen molar-refractivity contribution in [1.29, 1.82) is 0 Å². The number of amides is 1. The van der Waals surface area contributed by atoms with Crippen LogP contribution in [-0.4, -0.2) is 42.4 Å². The van der Waals surface area contributed by atoms with Gasteiger partial charge in [-0.1, -0.05) is 18.2 Å². The van der Waals surface area contributed by atoms with Crippen molar-refractivity contribution in [1.82, 2.24) is 4.90 Å². The van der Waals surface area contributed by atoms with E-state index in [1.165, 1.54) is 0 Å². The summed E-state index contributed by atoms with van der Waals surface area (Å²) in [5.74, 6) is 1.63. The molecule has 0 aromatic heterocycles. The van der Waals surface area contributed by atoms with Crippen LogP contribution in [0, 0.1) is 13.8 Å². The normalized spacial score (nSPS) is 17.7. The highest BCUT2D eigenvalue weighted by Crippen LogP contribution is 2.41. The number of nitrogens with zero attached hydrogens (tertiary/aromatic N) is 1. The molecule has 2 aliphatic heterocycles. The van der Waals surface area contributed by atoms with Gasteiger partial charge in [-0.25, -0.2) is 0 Å². The highest BCUT2D eigenvalue weighted by molar-refractivity contribution is 6.01. The standard InChI is InChI=1S/C25H27NO4/c1-17-4-10-21-22(27)16-25(30-24(21)18(17)2)12-14-26(15-13-25)23(28)11-7-19-5-8-20(29-3)9-6-19/h4-11H,12-16H2,1-3H3/b11-7+. The minimum Gasteiger partial charge on any atom is -0.497 e. The van der Waals surface area contributed by atoms with Crippen molar-refractivity contribution in [3.63, 3.8) is 0 Å². The van der Waals surface area contributed by atoms with Crippen LogP contribution < -0.4 is 9.47 Å². The van der Waals surface area contributed by atoms with E-state index in [4.69, 9.17) is 9.47 Å². The second-order valence-corrected chi connectivity index (χ2v) is 8.20. The number of carbonyl (C=O) groups excluding carboxylic acids is 2. The lowest BCUT2D eigenvalue weighted by atomic mass is 9.81. The molecule has 5 heteroatoms. The van der Waals surface area contributed by atoms with E-state index >= 15 is 0 Å². The summed E-state index contributed by atoms with van der Waals surface area (Å²) >= 11 is 0. The van der Waals surface area contributed by atoms with E-state index in [0.717, 1.165) is 28.2 Å². The van der Waals surface area contributed by atoms with E-state index in [9.17, 15) is 9.59 Å². The van der Waals surface area contributed by atoms with E-state index in [-0.39, 0.29) is 11.7 Å². The lowest BCUT2D eigenvalue weighted by Gasteiger charge is -2.44. The molecular formula is C25H27NO4. The number of hydrogen-bond acceptors (Lipinski definition) is 4. The number of aryl methyl sites for hydroxylation is 1. The fourth-order valence-corrected chi connectivity index (χ4v) is 4.18. The Labute approximate surface area is 177 Å². The van der Waals surface area contributed by atoms with E-state index in [1.807, 2.05) is 61.2 Å². The molecule has 30 heavy (non-hydrogen) atoms. The maximum absolute atomic E-state index is 12.8. The molecule has 0 N–H and O–H groups in total. The van der Waals surface area contributed by atoms with Gasteiger partial charge in [-0.2, -0.15) is 0 Å². The van der Waals surface area contributed by atoms with Crippen molar-refractivity contribution in [3.8, 4) is 11.5 Å². The second kappa shape index (κ2) is 7.98. The molecule has 0 unspecified atom stereocenters. The topological polar surface area (TPSA) is 55.8 Å². The molecule has 2 aromatic carbocycles. The molecule has 2 heterocycles. The Bertz CT molecular complexity index is 999. The molecule has 0 atom stereocenters.